The van der Waals surface area contributed by atoms with Gasteiger partial charge in [0.1, 0.15) is 5.82 Å². The average molecular weight is 287 g/mol. The van der Waals surface area contributed by atoms with Crippen LogP contribution in [0.15, 0.2) is 24.3 Å². The number of nitrogens with one attached hydrogen (secondary N) is 2. The third-order valence-corrected chi connectivity index (χ3v) is 3.75. The lowest BCUT2D eigenvalue weighted by atomic mass is 10.1. The van der Waals surface area contributed by atoms with Crippen molar-refractivity contribution in [3.8, 4) is 0 Å². The number of H-pyrrole nitrogens is 1. The molecule has 4 nitrogen and oxygen atoms in total. The average Bonchev–Trinajstić information content (AvgIpc) is 2.93. The van der Waals surface area contributed by atoms with Crippen molar-refractivity contribution in [2.24, 2.45) is 0 Å². The summed E-state index contributed by atoms with van der Waals surface area (Å²) in [7, 11) is 3.24. The number of aromatic amines is 1. The van der Waals surface area contributed by atoms with Crippen LogP contribution in [0.1, 0.15) is 22.5 Å². The molecule has 0 atom stereocenters. The van der Waals surface area contributed by atoms with Gasteiger partial charge in [-0.3, -0.25) is 4.79 Å². The van der Waals surface area contributed by atoms with Gasteiger partial charge in [0.05, 0.1) is 5.56 Å². The monoisotopic (exact) mass is 287 g/mol. The maximum absolute atomic E-state index is 14.6. The van der Waals surface area contributed by atoms with Gasteiger partial charge in [-0.1, -0.05) is 6.08 Å². The van der Waals surface area contributed by atoms with Crippen molar-refractivity contribution in [3.63, 3.8) is 0 Å². The highest BCUT2D eigenvalue weighted by Gasteiger charge is 2.18. The number of nitrogens with zero attached hydrogens (tertiary/aromatic N) is 1. The minimum absolute atomic E-state index is 0.105. The third kappa shape index (κ3) is 2.45. The number of hydrogen-bond acceptors (Lipinski definition) is 2. The van der Waals surface area contributed by atoms with E-state index in [1.54, 1.807) is 26.2 Å². The first kappa shape index (κ1) is 13.8. The maximum Gasteiger partial charge on any atom is 0.256 e. The molecule has 0 radical (unpaired) electrons. The Morgan fingerprint density at radius 1 is 1.33 bits per heavy atom. The Bertz CT molecular complexity index is 730. The van der Waals surface area contributed by atoms with Crippen molar-refractivity contribution in [2.45, 2.75) is 6.42 Å². The lowest BCUT2D eigenvalue weighted by molar-refractivity contribution is 0.0823. The molecule has 110 valence electrons. The first-order chi connectivity index (χ1) is 10.1. The summed E-state index contributed by atoms with van der Waals surface area (Å²) in [5.74, 6) is -0.784. The van der Waals surface area contributed by atoms with E-state index >= 15 is 0 Å². The fourth-order valence-electron chi connectivity index (χ4n) is 2.60. The molecule has 21 heavy (non-hydrogen) atoms. The summed E-state index contributed by atoms with van der Waals surface area (Å²) in [5.41, 5.74) is 2.86. The minimum atomic E-state index is -0.460. The molecular formula is C16H18FN3O. The van der Waals surface area contributed by atoms with E-state index in [9.17, 15) is 9.18 Å². The molecule has 5 heteroatoms. The fourth-order valence-corrected chi connectivity index (χ4v) is 2.60. The number of rotatable bonds is 2. The Morgan fingerprint density at radius 3 is 2.81 bits per heavy atom. The van der Waals surface area contributed by atoms with E-state index in [4.69, 9.17) is 0 Å². The second-order valence-corrected chi connectivity index (χ2v) is 5.47. The normalized spacial score (nSPS) is 15.1. The number of amides is 1. The zero-order valence-electron chi connectivity index (χ0n) is 12.2. The summed E-state index contributed by atoms with van der Waals surface area (Å²) >= 11 is 0. The molecule has 2 N–H and O–H groups in total. The Morgan fingerprint density at radius 2 is 2.14 bits per heavy atom. The van der Waals surface area contributed by atoms with Crippen LogP contribution in [-0.2, 0) is 0 Å². The van der Waals surface area contributed by atoms with Gasteiger partial charge in [0, 0.05) is 37.2 Å². The molecule has 2 aromatic rings. The molecule has 0 saturated heterocycles. The summed E-state index contributed by atoms with van der Waals surface area (Å²) in [6.07, 6.45) is 3.13. The van der Waals surface area contributed by atoms with E-state index in [0.29, 0.717) is 10.9 Å². The third-order valence-electron chi connectivity index (χ3n) is 3.75. The second-order valence-electron chi connectivity index (χ2n) is 5.47. The van der Waals surface area contributed by atoms with E-state index < -0.39 is 5.82 Å². The molecule has 0 saturated carbocycles. The molecule has 1 aromatic carbocycles. The fraction of sp³-hybridized carbons (Fsp3) is 0.312. The second kappa shape index (κ2) is 5.33. The van der Waals surface area contributed by atoms with Crippen LogP contribution in [0.25, 0.3) is 16.5 Å². The van der Waals surface area contributed by atoms with Gasteiger partial charge in [-0.15, -0.1) is 0 Å². The zero-order chi connectivity index (χ0) is 15.0. The lowest BCUT2D eigenvalue weighted by Gasteiger charge is -2.12. The van der Waals surface area contributed by atoms with Crippen LogP contribution in [0.2, 0.25) is 0 Å². The Labute approximate surface area is 122 Å². The predicted molar refractivity (Wildman–Crippen MR) is 81.7 cm³/mol. The van der Waals surface area contributed by atoms with Gasteiger partial charge in [0.15, 0.2) is 0 Å². The molecular weight excluding hydrogens is 269 g/mol. The van der Waals surface area contributed by atoms with E-state index in [1.807, 2.05) is 0 Å². The molecule has 1 aliphatic heterocycles. The Kier molecular flexibility index (Phi) is 3.51. The predicted octanol–water partition coefficient (Wildman–Crippen LogP) is 2.39. The largest absolute Gasteiger partial charge is 0.355 e. The van der Waals surface area contributed by atoms with Crippen molar-refractivity contribution in [3.05, 3.63) is 41.3 Å². The van der Waals surface area contributed by atoms with Crippen LogP contribution in [-0.4, -0.2) is 43.0 Å². The summed E-state index contributed by atoms with van der Waals surface area (Å²) in [6, 6.07) is 5.08. The Hall–Kier alpha value is -2.14. The number of halogens is 1. The quantitative estimate of drug-likeness (QED) is 0.891. The van der Waals surface area contributed by atoms with Crippen molar-refractivity contribution in [2.75, 3.05) is 27.2 Å². The van der Waals surface area contributed by atoms with Gasteiger partial charge in [-0.25, -0.2) is 4.39 Å². The Balaban J connectivity index is 2.08. The zero-order valence-corrected chi connectivity index (χ0v) is 12.2. The van der Waals surface area contributed by atoms with E-state index in [1.165, 1.54) is 11.0 Å². The highest BCUT2D eigenvalue weighted by Crippen LogP contribution is 2.26. The molecule has 3 rings (SSSR count). The number of carbonyl (C=O) groups is 1. The van der Waals surface area contributed by atoms with Crippen molar-refractivity contribution >= 4 is 22.4 Å². The molecule has 0 fully saturated rings. The van der Waals surface area contributed by atoms with Crippen LogP contribution in [0.3, 0.4) is 0 Å². The summed E-state index contributed by atoms with van der Waals surface area (Å²) < 4.78 is 14.6. The lowest BCUT2D eigenvalue weighted by Crippen LogP contribution is -2.22. The molecule has 0 aliphatic carbocycles. The first-order valence-electron chi connectivity index (χ1n) is 7.01. The molecule has 1 amide bonds. The van der Waals surface area contributed by atoms with E-state index in [-0.39, 0.29) is 11.5 Å². The van der Waals surface area contributed by atoms with Gasteiger partial charge in [0.25, 0.3) is 5.91 Å². The molecule has 2 heterocycles. The number of fused-ring (bicyclic) bond motifs is 1. The SMILES string of the molecule is CN(C)C(=O)c1ccc2[nH]c(C3=CCCNC3)cc2c1F. The topological polar surface area (TPSA) is 48.1 Å². The van der Waals surface area contributed by atoms with Gasteiger partial charge in [-0.05, 0) is 36.7 Å². The highest BCUT2D eigenvalue weighted by atomic mass is 19.1. The van der Waals surface area contributed by atoms with Crippen LogP contribution >= 0.6 is 0 Å². The van der Waals surface area contributed by atoms with Crippen molar-refractivity contribution in [1.29, 1.82) is 0 Å². The molecule has 1 aromatic heterocycles. The van der Waals surface area contributed by atoms with Gasteiger partial charge >= 0.3 is 0 Å². The van der Waals surface area contributed by atoms with Crippen LogP contribution < -0.4 is 5.32 Å². The summed E-state index contributed by atoms with van der Waals surface area (Å²) in [6.45, 7) is 1.75. The van der Waals surface area contributed by atoms with Crippen LogP contribution in [0.4, 0.5) is 4.39 Å². The number of aromatic nitrogens is 1. The standard InChI is InChI=1S/C16H18FN3O/c1-20(2)16(21)11-5-6-13-12(15(11)17)8-14(19-13)10-4-3-7-18-9-10/h4-6,8,18-19H,3,7,9H2,1-2H3. The van der Waals surface area contributed by atoms with Gasteiger partial charge < -0.3 is 15.2 Å². The number of hydrogen-bond donors (Lipinski definition) is 2. The van der Waals surface area contributed by atoms with Crippen molar-refractivity contribution < 1.29 is 9.18 Å². The summed E-state index contributed by atoms with van der Waals surface area (Å²) in [4.78, 5) is 16.6. The van der Waals surface area contributed by atoms with Crippen LogP contribution in [0.5, 0.6) is 0 Å². The summed E-state index contributed by atoms with van der Waals surface area (Å²) in [5, 5.41) is 3.76. The van der Waals surface area contributed by atoms with Gasteiger partial charge in [0.2, 0.25) is 0 Å². The van der Waals surface area contributed by atoms with Crippen molar-refractivity contribution in [1.82, 2.24) is 15.2 Å². The first-order valence-corrected chi connectivity index (χ1v) is 7.01. The molecule has 0 bridgehead atoms. The molecule has 1 aliphatic rings. The molecule has 0 unspecified atom stereocenters. The highest BCUT2D eigenvalue weighted by molar-refractivity contribution is 5.99. The maximum atomic E-state index is 14.6. The van der Waals surface area contributed by atoms with E-state index in [0.717, 1.165) is 30.8 Å². The van der Waals surface area contributed by atoms with E-state index in [2.05, 4.69) is 16.4 Å². The van der Waals surface area contributed by atoms with Crippen LogP contribution in [0, 0.1) is 5.82 Å². The smallest absolute Gasteiger partial charge is 0.256 e. The van der Waals surface area contributed by atoms with Gasteiger partial charge in [-0.2, -0.15) is 0 Å². The minimum Gasteiger partial charge on any atom is -0.355 e. The molecule has 0 spiro atoms. The number of benzene rings is 1. The number of carbonyl (C=O) groups excluding carboxylic acids is 1.